The molecule has 0 aliphatic carbocycles. The Morgan fingerprint density at radius 1 is 1.03 bits per heavy atom. The van der Waals surface area contributed by atoms with Crippen LogP contribution in [-0.4, -0.2) is 53.7 Å². The van der Waals surface area contributed by atoms with E-state index >= 15 is 0 Å². The first-order valence-electron chi connectivity index (χ1n) is 10.1. The van der Waals surface area contributed by atoms with Crippen LogP contribution < -0.4 is 9.47 Å². The summed E-state index contributed by atoms with van der Waals surface area (Å²) in [6.45, 7) is 4.33. The summed E-state index contributed by atoms with van der Waals surface area (Å²) in [5.41, 5.74) is 1.02. The summed E-state index contributed by atoms with van der Waals surface area (Å²) < 4.78 is 10.8. The van der Waals surface area contributed by atoms with Gasteiger partial charge in [-0.3, -0.25) is 9.59 Å². The van der Waals surface area contributed by atoms with E-state index in [4.69, 9.17) is 9.47 Å². The molecule has 2 N–H and O–H groups in total. The molecule has 1 aliphatic heterocycles. The number of benzene rings is 2. The molecule has 1 aliphatic rings. The van der Waals surface area contributed by atoms with Gasteiger partial charge >= 0.3 is 0 Å². The van der Waals surface area contributed by atoms with Crippen LogP contribution in [0.4, 0.5) is 0 Å². The Morgan fingerprint density at radius 3 is 2.19 bits per heavy atom. The maximum atomic E-state index is 12.8. The molecule has 0 saturated carbocycles. The minimum Gasteiger partial charge on any atom is -0.507 e. The van der Waals surface area contributed by atoms with Crippen molar-refractivity contribution in [2.24, 2.45) is 5.92 Å². The van der Waals surface area contributed by atoms with Crippen LogP contribution in [0.15, 0.2) is 54.1 Å². The second-order valence-corrected chi connectivity index (χ2v) is 7.72. The molecule has 0 spiro atoms. The molecule has 2 aromatic carbocycles. The molecule has 2 aromatic rings. The minimum atomic E-state index is -0.810. The van der Waals surface area contributed by atoms with Crippen molar-refractivity contribution in [3.8, 4) is 11.5 Å². The smallest absolute Gasteiger partial charge is 0.295 e. The first-order valence-corrected chi connectivity index (χ1v) is 10.1. The summed E-state index contributed by atoms with van der Waals surface area (Å²) in [6.07, 6.45) is 0. The molecule has 1 heterocycles. The number of Topliss-reactive ketones (excluding diaryl/α,β-unsaturated/α-hetero) is 1. The first-order chi connectivity index (χ1) is 14.9. The highest BCUT2D eigenvalue weighted by Gasteiger charge is 2.45. The van der Waals surface area contributed by atoms with Crippen molar-refractivity contribution in [2.75, 3.05) is 26.9 Å². The monoisotopic (exact) mass is 425 g/mol. The third-order valence-corrected chi connectivity index (χ3v) is 5.02. The fourth-order valence-electron chi connectivity index (χ4n) is 3.48. The van der Waals surface area contributed by atoms with Crippen molar-refractivity contribution in [3.05, 3.63) is 65.2 Å². The molecule has 1 amide bonds. The Labute approximate surface area is 181 Å². The first kappa shape index (κ1) is 22.4. The average molecular weight is 425 g/mol. The Morgan fingerprint density at radius 2 is 1.65 bits per heavy atom. The Kier molecular flexibility index (Phi) is 6.97. The number of aliphatic hydroxyl groups excluding tert-OH is 2. The number of aliphatic hydroxyl groups is 2. The van der Waals surface area contributed by atoms with E-state index in [9.17, 15) is 19.8 Å². The van der Waals surface area contributed by atoms with Crippen molar-refractivity contribution in [1.29, 1.82) is 0 Å². The number of hydrogen-bond acceptors (Lipinski definition) is 6. The number of ether oxygens (including phenoxy) is 2. The van der Waals surface area contributed by atoms with E-state index < -0.39 is 17.7 Å². The zero-order valence-corrected chi connectivity index (χ0v) is 17.9. The van der Waals surface area contributed by atoms with Gasteiger partial charge in [0.25, 0.3) is 11.7 Å². The number of rotatable bonds is 8. The van der Waals surface area contributed by atoms with Crippen LogP contribution in [0.2, 0.25) is 0 Å². The second-order valence-electron chi connectivity index (χ2n) is 7.72. The molecule has 1 saturated heterocycles. The molecule has 7 nitrogen and oxygen atoms in total. The summed E-state index contributed by atoms with van der Waals surface area (Å²) in [4.78, 5) is 26.7. The maximum absolute atomic E-state index is 12.8. The van der Waals surface area contributed by atoms with Crippen molar-refractivity contribution in [2.45, 2.75) is 19.9 Å². The summed E-state index contributed by atoms with van der Waals surface area (Å²) in [6, 6.07) is 12.8. The standard InChI is InChI=1S/C24H27NO6/c1-15(2)14-31-19-10-6-17(7-11-19)22(27)20-21(16-4-8-18(30-3)9-5-16)25(12-13-26)24(29)23(20)28/h4-11,15,21,26-27H,12-14H2,1-3H3/t21-/m1/s1. The number of carbonyl (C=O) groups is 2. The number of likely N-dealkylation sites (tertiary alicyclic amines) is 1. The molecule has 3 rings (SSSR count). The van der Waals surface area contributed by atoms with Gasteiger partial charge in [-0.15, -0.1) is 0 Å². The van der Waals surface area contributed by atoms with Crippen molar-refractivity contribution in [1.82, 2.24) is 4.90 Å². The zero-order valence-electron chi connectivity index (χ0n) is 17.9. The fourth-order valence-corrected chi connectivity index (χ4v) is 3.48. The SMILES string of the molecule is COc1ccc([C@@H]2C(=C(O)c3ccc(OCC(C)C)cc3)C(=O)C(=O)N2CCO)cc1. The van der Waals surface area contributed by atoms with E-state index in [0.29, 0.717) is 35.2 Å². The number of hydrogen-bond donors (Lipinski definition) is 2. The van der Waals surface area contributed by atoms with Gasteiger partial charge < -0.3 is 24.6 Å². The molecule has 164 valence electrons. The van der Waals surface area contributed by atoms with Gasteiger partial charge in [0.15, 0.2) is 0 Å². The molecule has 1 atom stereocenters. The fraction of sp³-hybridized carbons (Fsp3) is 0.333. The van der Waals surface area contributed by atoms with Crippen molar-refractivity contribution < 1.29 is 29.3 Å². The Hall–Kier alpha value is -3.32. The highest BCUT2D eigenvalue weighted by atomic mass is 16.5. The number of β-amino-alcohol motifs (C(OH)–C–C–N with tert-alkyl or cyclic N) is 1. The lowest BCUT2D eigenvalue weighted by Crippen LogP contribution is -2.32. The third-order valence-electron chi connectivity index (χ3n) is 5.02. The maximum Gasteiger partial charge on any atom is 0.295 e. The van der Waals surface area contributed by atoms with E-state index in [-0.39, 0.29) is 24.5 Å². The predicted molar refractivity (Wildman–Crippen MR) is 116 cm³/mol. The number of amides is 1. The normalized spacial score (nSPS) is 18.0. The largest absolute Gasteiger partial charge is 0.507 e. The van der Waals surface area contributed by atoms with Gasteiger partial charge in [0, 0.05) is 12.1 Å². The molecule has 0 aromatic heterocycles. The van der Waals surface area contributed by atoms with Crippen LogP contribution in [0.25, 0.3) is 5.76 Å². The molecule has 7 heteroatoms. The van der Waals surface area contributed by atoms with Gasteiger partial charge in [-0.2, -0.15) is 0 Å². The quantitative estimate of drug-likeness (QED) is 0.383. The van der Waals surface area contributed by atoms with Gasteiger partial charge in [-0.25, -0.2) is 0 Å². The Balaban J connectivity index is 2.02. The van der Waals surface area contributed by atoms with Crippen molar-refractivity contribution in [3.63, 3.8) is 0 Å². The molecule has 1 fully saturated rings. The number of carbonyl (C=O) groups excluding carboxylic acids is 2. The van der Waals surface area contributed by atoms with E-state index in [1.807, 2.05) is 13.8 Å². The summed E-state index contributed by atoms with van der Waals surface area (Å²) >= 11 is 0. The van der Waals surface area contributed by atoms with Crippen LogP contribution in [0, 0.1) is 5.92 Å². The van der Waals surface area contributed by atoms with E-state index in [1.165, 1.54) is 4.90 Å². The van der Waals surface area contributed by atoms with Gasteiger partial charge in [-0.1, -0.05) is 26.0 Å². The predicted octanol–water partition coefficient (Wildman–Crippen LogP) is 3.14. The number of methoxy groups -OCH3 is 1. The second kappa shape index (κ2) is 9.66. The molecule has 0 unspecified atom stereocenters. The van der Waals surface area contributed by atoms with Gasteiger partial charge in [-0.05, 0) is 47.9 Å². The van der Waals surface area contributed by atoms with Crippen LogP contribution in [0.5, 0.6) is 11.5 Å². The summed E-state index contributed by atoms with van der Waals surface area (Å²) in [7, 11) is 1.54. The summed E-state index contributed by atoms with van der Waals surface area (Å²) in [5.74, 6) is -0.159. The molecule has 0 bridgehead atoms. The topological polar surface area (TPSA) is 96.3 Å². The lowest BCUT2D eigenvalue weighted by molar-refractivity contribution is -0.140. The zero-order chi connectivity index (χ0) is 22.5. The molecular formula is C24H27NO6. The van der Waals surface area contributed by atoms with E-state index in [0.717, 1.165) is 0 Å². The lowest BCUT2D eigenvalue weighted by Gasteiger charge is -2.24. The van der Waals surface area contributed by atoms with Gasteiger partial charge in [0.1, 0.15) is 17.3 Å². The van der Waals surface area contributed by atoms with Crippen LogP contribution in [0.3, 0.4) is 0 Å². The van der Waals surface area contributed by atoms with Gasteiger partial charge in [0.2, 0.25) is 0 Å². The molecular weight excluding hydrogens is 398 g/mol. The number of nitrogens with zero attached hydrogens (tertiary/aromatic N) is 1. The molecule has 31 heavy (non-hydrogen) atoms. The van der Waals surface area contributed by atoms with Gasteiger partial charge in [0.05, 0.1) is 31.9 Å². The van der Waals surface area contributed by atoms with Crippen LogP contribution in [-0.2, 0) is 9.59 Å². The number of ketones is 1. The van der Waals surface area contributed by atoms with E-state index in [1.54, 1.807) is 55.6 Å². The highest BCUT2D eigenvalue weighted by Crippen LogP contribution is 2.39. The average Bonchev–Trinajstić information content (AvgIpc) is 3.03. The van der Waals surface area contributed by atoms with Crippen LogP contribution in [0.1, 0.15) is 31.0 Å². The lowest BCUT2D eigenvalue weighted by atomic mass is 9.95. The Bertz CT molecular complexity index is 963. The molecule has 0 radical (unpaired) electrons. The summed E-state index contributed by atoms with van der Waals surface area (Å²) in [5, 5.41) is 20.4. The third kappa shape index (κ3) is 4.72. The van der Waals surface area contributed by atoms with E-state index in [2.05, 4.69) is 0 Å². The minimum absolute atomic E-state index is 0.0144. The van der Waals surface area contributed by atoms with Crippen molar-refractivity contribution >= 4 is 17.4 Å². The highest BCUT2D eigenvalue weighted by molar-refractivity contribution is 6.46. The van der Waals surface area contributed by atoms with Crippen LogP contribution >= 0.6 is 0 Å².